The third-order valence-electron chi connectivity index (χ3n) is 4.64. The largest absolute Gasteiger partial charge is 0.388 e. The Morgan fingerprint density at radius 3 is 2.73 bits per heavy atom. The molecule has 1 aliphatic carbocycles. The molecule has 1 saturated carbocycles. The van der Waals surface area contributed by atoms with Gasteiger partial charge in [-0.3, -0.25) is 9.69 Å². The highest BCUT2D eigenvalue weighted by Crippen LogP contribution is 2.33. The van der Waals surface area contributed by atoms with Crippen molar-refractivity contribution >= 4 is 17.5 Å². The van der Waals surface area contributed by atoms with Crippen molar-refractivity contribution in [3.8, 4) is 0 Å². The van der Waals surface area contributed by atoms with Crippen molar-refractivity contribution < 1.29 is 9.90 Å². The molecule has 1 amide bonds. The van der Waals surface area contributed by atoms with Crippen LogP contribution in [0.25, 0.3) is 0 Å². The van der Waals surface area contributed by atoms with Crippen molar-refractivity contribution in [2.75, 3.05) is 6.54 Å². The summed E-state index contributed by atoms with van der Waals surface area (Å²) in [7, 11) is 0. The summed E-state index contributed by atoms with van der Waals surface area (Å²) in [6, 6.07) is 8.45. The summed E-state index contributed by atoms with van der Waals surface area (Å²) in [6.45, 7) is 3.17. The van der Waals surface area contributed by atoms with Gasteiger partial charge in [0, 0.05) is 29.7 Å². The van der Waals surface area contributed by atoms with Gasteiger partial charge in [0.05, 0.1) is 12.5 Å². The predicted octanol–water partition coefficient (Wildman–Crippen LogP) is 2.50. The molecule has 4 nitrogen and oxygen atoms in total. The van der Waals surface area contributed by atoms with Crippen molar-refractivity contribution in [1.29, 1.82) is 0 Å². The second-order valence-corrected chi connectivity index (χ2v) is 6.99. The normalized spacial score (nSPS) is 26.9. The number of carbonyl (C=O) groups excluding carboxylic acids is 1. The zero-order valence-corrected chi connectivity index (χ0v) is 13.6. The number of aliphatic hydroxyl groups is 1. The van der Waals surface area contributed by atoms with Crippen molar-refractivity contribution in [2.45, 2.75) is 56.8 Å². The van der Waals surface area contributed by atoms with Crippen molar-refractivity contribution in [3.63, 3.8) is 0 Å². The van der Waals surface area contributed by atoms with E-state index in [0.29, 0.717) is 11.1 Å². The maximum atomic E-state index is 12.1. The maximum absolute atomic E-state index is 12.1. The lowest BCUT2D eigenvalue weighted by molar-refractivity contribution is -0.123. The minimum atomic E-state index is -0.782. The second-order valence-electron chi connectivity index (χ2n) is 6.55. The van der Waals surface area contributed by atoms with Gasteiger partial charge in [-0.15, -0.1) is 0 Å². The molecule has 3 unspecified atom stereocenters. The van der Waals surface area contributed by atoms with Gasteiger partial charge in [-0.2, -0.15) is 0 Å². The zero-order valence-electron chi connectivity index (χ0n) is 12.8. The Bertz CT molecular complexity index is 530. The molecule has 0 aromatic heterocycles. The Balaban J connectivity index is 1.49. The molecule has 3 rings (SSSR count). The molecule has 2 aliphatic rings. The van der Waals surface area contributed by atoms with Crippen LogP contribution in [0.3, 0.4) is 0 Å². The lowest BCUT2D eigenvalue weighted by Gasteiger charge is -2.20. The fourth-order valence-electron chi connectivity index (χ4n) is 3.34. The summed E-state index contributed by atoms with van der Waals surface area (Å²) in [5, 5.41) is 13.8. The second kappa shape index (κ2) is 6.57. The SMILES string of the molecule is CC1CC(NC(=O)CC(O)c2ccc(Cl)cc2)CN1C1CC1. The molecule has 1 aliphatic heterocycles. The molecule has 1 aromatic rings. The number of nitrogens with one attached hydrogen (secondary N) is 1. The molecule has 1 saturated heterocycles. The highest BCUT2D eigenvalue weighted by atomic mass is 35.5. The predicted molar refractivity (Wildman–Crippen MR) is 86.8 cm³/mol. The molecule has 3 atom stereocenters. The molecule has 2 N–H and O–H groups in total. The summed E-state index contributed by atoms with van der Waals surface area (Å²) in [5.74, 6) is -0.0858. The van der Waals surface area contributed by atoms with Gasteiger partial charge in [0.1, 0.15) is 0 Å². The smallest absolute Gasteiger partial charge is 0.223 e. The van der Waals surface area contributed by atoms with Gasteiger partial charge in [0.15, 0.2) is 0 Å². The molecule has 1 aromatic carbocycles. The molecule has 2 fully saturated rings. The van der Waals surface area contributed by atoms with Gasteiger partial charge in [0.2, 0.25) is 5.91 Å². The molecule has 0 radical (unpaired) electrons. The highest BCUT2D eigenvalue weighted by Gasteiger charge is 2.39. The minimum absolute atomic E-state index is 0.0858. The summed E-state index contributed by atoms with van der Waals surface area (Å²) >= 11 is 5.83. The van der Waals surface area contributed by atoms with Crippen LogP contribution in [0.1, 0.15) is 44.3 Å². The fraction of sp³-hybridized carbons (Fsp3) is 0.588. The number of hydrogen-bond acceptors (Lipinski definition) is 3. The van der Waals surface area contributed by atoms with Gasteiger partial charge >= 0.3 is 0 Å². The third-order valence-corrected chi connectivity index (χ3v) is 4.89. The molecule has 0 spiro atoms. The standard InChI is InChI=1S/C17H23ClN2O2/c1-11-8-14(10-20(11)15-6-7-15)19-17(22)9-16(21)12-2-4-13(18)5-3-12/h2-5,11,14-16,21H,6-10H2,1H3,(H,19,22). The molecule has 120 valence electrons. The lowest BCUT2D eigenvalue weighted by Crippen LogP contribution is -2.38. The maximum Gasteiger partial charge on any atom is 0.223 e. The minimum Gasteiger partial charge on any atom is -0.388 e. The Morgan fingerprint density at radius 1 is 1.41 bits per heavy atom. The molecule has 5 heteroatoms. The van der Waals surface area contributed by atoms with Crippen LogP contribution >= 0.6 is 11.6 Å². The number of nitrogens with zero attached hydrogens (tertiary/aromatic N) is 1. The first kappa shape index (κ1) is 15.8. The Morgan fingerprint density at radius 2 is 2.09 bits per heavy atom. The Labute approximate surface area is 136 Å². The number of hydrogen-bond donors (Lipinski definition) is 2. The molecular weight excluding hydrogens is 300 g/mol. The number of carbonyl (C=O) groups is 1. The number of rotatable bonds is 5. The van der Waals surface area contributed by atoms with Gasteiger partial charge in [-0.05, 0) is 43.9 Å². The van der Waals surface area contributed by atoms with E-state index in [1.807, 2.05) is 0 Å². The van der Waals surface area contributed by atoms with Crippen LogP contribution in [-0.2, 0) is 4.79 Å². The molecule has 22 heavy (non-hydrogen) atoms. The average molecular weight is 323 g/mol. The van der Waals surface area contributed by atoms with E-state index in [9.17, 15) is 9.90 Å². The fourth-order valence-corrected chi connectivity index (χ4v) is 3.47. The summed E-state index contributed by atoms with van der Waals surface area (Å²) < 4.78 is 0. The quantitative estimate of drug-likeness (QED) is 0.875. The van der Waals surface area contributed by atoms with Crippen molar-refractivity contribution in [3.05, 3.63) is 34.9 Å². The number of amides is 1. The van der Waals surface area contributed by atoms with Crippen LogP contribution in [0.5, 0.6) is 0 Å². The zero-order chi connectivity index (χ0) is 15.7. The van der Waals surface area contributed by atoms with Crippen LogP contribution in [-0.4, -0.2) is 40.6 Å². The monoisotopic (exact) mass is 322 g/mol. The Kier molecular flexibility index (Phi) is 4.71. The van der Waals surface area contributed by atoms with E-state index < -0.39 is 6.10 Å². The molecule has 0 bridgehead atoms. The van der Waals surface area contributed by atoms with Gasteiger partial charge in [0.25, 0.3) is 0 Å². The summed E-state index contributed by atoms with van der Waals surface area (Å²) in [6.07, 6.45) is 2.89. The first-order valence-corrected chi connectivity index (χ1v) is 8.39. The van der Waals surface area contributed by atoms with E-state index in [2.05, 4.69) is 17.1 Å². The van der Waals surface area contributed by atoms with Crippen LogP contribution in [0.15, 0.2) is 24.3 Å². The number of halogens is 1. The average Bonchev–Trinajstić information content (AvgIpc) is 3.24. The van der Waals surface area contributed by atoms with Crippen LogP contribution in [0.2, 0.25) is 5.02 Å². The van der Waals surface area contributed by atoms with Gasteiger partial charge in [-0.25, -0.2) is 0 Å². The highest BCUT2D eigenvalue weighted by molar-refractivity contribution is 6.30. The lowest BCUT2D eigenvalue weighted by atomic mass is 10.1. The van der Waals surface area contributed by atoms with E-state index in [1.54, 1.807) is 24.3 Å². The molecule has 1 heterocycles. The Hall–Kier alpha value is -1.10. The van der Waals surface area contributed by atoms with E-state index in [-0.39, 0.29) is 18.4 Å². The van der Waals surface area contributed by atoms with Crippen LogP contribution < -0.4 is 5.32 Å². The first-order chi connectivity index (χ1) is 10.5. The number of benzene rings is 1. The van der Waals surface area contributed by atoms with Crippen LogP contribution in [0, 0.1) is 0 Å². The van der Waals surface area contributed by atoms with E-state index in [4.69, 9.17) is 11.6 Å². The van der Waals surface area contributed by atoms with E-state index >= 15 is 0 Å². The summed E-state index contributed by atoms with van der Waals surface area (Å²) in [4.78, 5) is 14.6. The number of likely N-dealkylation sites (tertiary alicyclic amines) is 1. The van der Waals surface area contributed by atoms with Gasteiger partial charge < -0.3 is 10.4 Å². The first-order valence-electron chi connectivity index (χ1n) is 8.01. The number of aliphatic hydroxyl groups excluding tert-OH is 1. The third kappa shape index (κ3) is 3.80. The van der Waals surface area contributed by atoms with Crippen LogP contribution in [0.4, 0.5) is 0 Å². The van der Waals surface area contributed by atoms with Crippen molar-refractivity contribution in [2.24, 2.45) is 0 Å². The van der Waals surface area contributed by atoms with Gasteiger partial charge in [-0.1, -0.05) is 23.7 Å². The van der Waals surface area contributed by atoms with E-state index in [0.717, 1.165) is 24.6 Å². The summed E-state index contributed by atoms with van der Waals surface area (Å²) in [5.41, 5.74) is 0.721. The van der Waals surface area contributed by atoms with E-state index in [1.165, 1.54) is 12.8 Å². The topological polar surface area (TPSA) is 52.6 Å². The molecular formula is C17H23ClN2O2. The van der Waals surface area contributed by atoms with Crippen molar-refractivity contribution in [1.82, 2.24) is 10.2 Å².